The zero-order chi connectivity index (χ0) is 8.97. The molecule has 77 valence electrons. The van der Waals surface area contributed by atoms with Gasteiger partial charge < -0.3 is 26.5 Å². The normalized spacial score (nSPS) is 25.1. The average Bonchev–Trinajstić information content (AvgIpc) is 2.03. The molecule has 0 aliphatic carbocycles. The Hall–Kier alpha value is 0.503. The third-order valence-electron chi connectivity index (χ3n) is 1.59. The van der Waals surface area contributed by atoms with Crippen molar-refractivity contribution in [1.82, 2.24) is 0 Å². The van der Waals surface area contributed by atoms with Crippen molar-refractivity contribution in [2.45, 2.75) is 38.8 Å². The van der Waals surface area contributed by atoms with Crippen molar-refractivity contribution in [2.24, 2.45) is 0 Å². The van der Waals surface area contributed by atoms with Gasteiger partial charge >= 0.3 is 0 Å². The van der Waals surface area contributed by atoms with Crippen LogP contribution in [-0.2, 0) is 29.0 Å². The maximum atomic E-state index is 5.46. The number of hydrogen-bond acceptors (Lipinski definition) is 2. The molecule has 0 unspecified atom stereocenters. The van der Waals surface area contributed by atoms with Crippen molar-refractivity contribution < 1.29 is 45.9 Å². The predicted molar refractivity (Wildman–Crippen MR) is 47.5 cm³/mol. The van der Waals surface area contributed by atoms with Gasteiger partial charge in [0, 0.05) is 19.5 Å². The van der Waals surface area contributed by atoms with Crippen LogP contribution in [0.15, 0.2) is 18.2 Å². The van der Waals surface area contributed by atoms with Crippen molar-refractivity contribution >= 4 is 0 Å². The summed E-state index contributed by atoms with van der Waals surface area (Å²) < 4.78 is 10.9. The van der Waals surface area contributed by atoms with E-state index >= 15 is 0 Å². The van der Waals surface area contributed by atoms with Crippen LogP contribution in [0.2, 0.25) is 0 Å². The second-order valence-electron chi connectivity index (χ2n) is 3.08. The summed E-state index contributed by atoms with van der Waals surface area (Å²) >= 11 is 0. The van der Waals surface area contributed by atoms with Crippen LogP contribution in [0.4, 0.5) is 0 Å². The molecule has 0 fully saturated rings. The van der Waals surface area contributed by atoms with E-state index < -0.39 is 0 Å². The van der Waals surface area contributed by atoms with Crippen LogP contribution in [-0.4, -0.2) is 18.5 Å². The second kappa shape index (κ2) is 8.78. The molecule has 0 amide bonds. The van der Waals surface area contributed by atoms with E-state index in [0.717, 1.165) is 6.42 Å². The zero-order valence-corrected chi connectivity index (χ0v) is 13.2. The van der Waals surface area contributed by atoms with E-state index in [4.69, 9.17) is 16.1 Å². The van der Waals surface area contributed by atoms with E-state index in [1.165, 1.54) is 0 Å². The number of halogens is 1. The number of hydrogen-bond donors (Lipinski definition) is 0. The van der Waals surface area contributed by atoms with Gasteiger partial charge in [-0.1, -0.05) is 18.7 Å². The molecule has 0 aromatic rings. The fourth-order valence-corrected chi connectivity index (χ4v) is 1.07. The monoisotopic (exact) mass is 310 g/mol. The summed E-state index contributed by atoms with van der Waals surface area (Å²) in [6.45, 7) is 9.32. The number of ether oxygens (including phenoxy) is 2. The summed E-state index contributed by atoms with van der Waals surface area (Å²) in [5.41, 5.74) is 0. The summed E-state index contributed by atoms with van der Waals surface area (Å²) in [5, 5.41) is 0. The van der Waals surface area contributed by atoms with Gasteiger partial charge in [-0.05, 0) is 26.3 Å². The van der Waals surface area contributed by atoms with E-state index in [9.17, 15) is 0 Å². The van der Waals surface area contributed by atoms with Crippen LogP contribution < -0.4 is 17.0 Å². The Morgan fingerprint density at radius 3 is 2.71 bits per heavy atom. The molecule has 0 aromatic heterocycles. The number of rotatable bonds is 3. The van der Waals surface area contributed by atoms with E-state index in [2.05, 4.69) is 0 Å². The molecule has 2 atom stereocenters. The molecule has 0 N–H and O–H groups in total. The van der Waals surface area contributed by atoms with Gasteiger partial charge in [-0.25, -0.2) is 0 Å². The first-order chi connectivity index (χ1) is 5.72. The molecular formula is C10H15BrO2Zn-. The van der Waals surface area contributed by atoms with Gasteiger partial charge in [0.05, 0.1) is 12.2 Å². The van der Waals surface area contributed by atoms with Crippen molar-refractivity contribution in [3.8, 4) is 0 Å². The van der Waals surface area contributed by atoms with Gasteiger partial charge in [0.15, 0.2) is 6.29 Å². The van der Waals surface area contributed by atoms with Crippen molar-refractivity contribution in [1.29, 1.82) is 0 Å². The SMILES string of the molecule is [Br-].[CH]=C[C@H]1CC=C[C@H](OC(C)C)O1.[Zn]. The minimum Gasteiger partial charge on any atom is -1.00 e. The Labute approximate surface area is 109 Å². The zero-order valence-electron chi connectivity index (χ0n) is 8.65. The Bertz CT molecular complexity index is 183. The third kappa shape index (κ3) is 6.07. The molecule has 1 rings (SSSR count). The Morgan fingerprint density at radius 1 is 1.57 bits per heavy atom. The first-order valence-electron chi connectivity index (χ1n) is 4.25. The van der Waals surface area contributed by atoms with E-state index in [-0.39, 0.29) is 55.0 Å². The Morgan fingerprint density at radius 2 is 2.21 bits per heavy atom. The Balaban J connectivity index is 0. The summed E-state index contributed by atoms with van der Waals surface area (Å²) in [6.07, 6.45) is 6.29. The minimum atomic E-state index is -0.233. The fourth-order valence-electron chi connectivity index (χ4n) is 1.07. The van der Waals surface area contributed by atoms with Crippen LogP contribution in [0.25, 0.3) is 0 Å². The Kier molecular flexibility index (Phi) is 10.6. The van der Waals surface area contributed by atoms with Crippen LogP contribution in [0, 0.1) is 6.58 Å². The molecule has 1 radical (unpaired) electrons. The molecule has 0 bridgehead atoms. The van der Waals surface area contributed by atoms with Gasteiger partial charge in [-0.3, -0.25) is 0 Å². The first-order valence-corrected chi connectivity index (χ1v) is 4.25. The molecule has 1 heterocycles. The second-order valence-corrected chi connectivity index (χ2v) is 3.08. The van der Waals surface area contributed by atoms with Crippen molar-refractivity contribution in [3.05, 3.63) is 24.8 Å². The van der Waals surface area contributed by atoms with Gasteiger partial charge in [0.25, 0.3) is 0 Å². The maximum absolute atomic E-state index is 5.46. The molecule has 1 aliphatic heterocycles. The smallest absolute Gasteiger partial charge is 0.177 e. The largest absolute Gasteiger partial charge is 1.00 e. The van der Waals surface area contributed by atoms with Crippen LogP contribution in [0.1, 0.15) is 20.3 Å². The van der Waals surface area contributed by atoms with Crippen LogP contribution in [0.3, 0.4) is 0 Å². The summed E-state index contributed by atoms with van der Waals surface area (Å²) in [4.78, 5) is 0. The summed E-state index contributed by atoms with van der Waals surface area (Å²) in [5.74, 6) is 0. The van der Waals surface area contributed by atoms with Crippen LogP contribution in [0.5, 0.6) is 0 Å². The van der Waals surface area contributed by atoms with E-state index in [1.54, 1.807) is 6.08 Å². The fraction of sp³-hybridized carbons (Fsp3) is 0.600. The molecule has 2 nitrogen and oxygen atoms in total. The van der Waals surface area contributed by atoms with Gasteiger partial charge in [-0.2, -0.15) is 0 Å². The van der Waals surface area contributed by atoms with Crippen molar-refractivity contribution in [2.75, 3.05) is 0 Å². The molecular weight excluding hydrogens is 297 g/mol. The molecule has 0 spiro atoms. The van der Waals surface area contributed by atoms with E-state index in [1.807, 2.05) is 26.0 Å². The van der Waals surface area contributed by atoms with Gasteiger partial charge in [0.1, 0.15) is 0 Å². The topological polar surface area (TPSA) is 18.5 Å². The van der Waals surface area contributed by atoms with Crippen molar-refractivity contribution in [3.63, 3.8) is 0 Å². The molecule has 0 saturated heterocycles. The molecule has 4 heteroatoms. The molecule has 0 saturated carbocycles. The average molecular weight is 313 g/mol. The molecule has 14 heavy (non-hydrogen) atoms. The third-order valence-corrected chi connectivity index (χ3v) is 1.59. The minimum absolute atomic E-state index is 0. The summed E-state index contributed by atoms with van der Waals surface area (Å²) in [7, 11) is 0. The van der Waals surface area contributed by atoms with E-state index in [0.29, 0.717) is 0 Å². The maximum Gasteiger partial charge on any atom is 0.177 e. The van der Waals surface area contributed by atoms with Gasteiger partial charge in [0.2, 0.25) is 0 Å². The summed E-state index contributed by atoms with van der Waals surface area (Å²) in [6, 6.07) is 0. The van der Waals surface area contributed by atoms with Crippen LogP contribution >= 0.6 is 0 Å². The quantitative estimate of drug-likeness (QED) is 0.495. The molecule has 1 aliphatic rings. The first kappa shape index (κ1) is 16.9. The standard InChI is InChI=1S/C10H15O2.BrH.Zn/c1-4-9-6-5-7-10(12-9)11-8(2)3;;/h1,4-5,7-10H,6H2,2-3H3;1H;/p-1/t9-,10+;;/m0../s1. The molecule has 0 aromatic carbocycles. The van der Waals surface area contributed by atoms with Gasteiger partial charge in [-0.15, -0.1) is 0 Å². The predicted octanol–water partition coefficient (Wildman–Crippen LogP) is -0.927.